The number of nitrogens with zero attached hydrogens (tertiary/aromatic N) is 1. The van der Waals surface area contributed by atoms with Crippen LogP contribution in [-0.4, -0.2) is 36.7 Å². The zero-order chi connectivity index (χ0) is 30.0. The van der Waals surface area contributed by atoms with E-state index in [1.807, 2.05) is 105 Å². The molecule has 1 saturated heterocycles. The zero-order valence-corrected chi connectivity index (χ0v) is 25.1. The maximum Gasteiger partial charge on any atom is 0.238 e. The van der Waals surface area contributed by atoms with Crippen molar-refractivity contribution in [2.75, 3.05) is 17.3 Å². The van der Waals surface area contributed by atoms with Crippen molar-refractivity contribution in [3.05, 3.63) is 95.1 Å². The lowest BCUT2D eigenvalue weighted by Crippen LogP contribution is -2.51. The fourth-order valence-corrected chi connectivity index (χ4v) is 7.18. The Labute approximate surface area is 247 Å². The van der Waals surface area contributed by atoms with Crippen LogP contribution >= 0.6 is 0 Å². The van der Waals surface area contributed by atoms with Crippen LogP contribution in [0.15, 0.2) is 72.8 Å². The molecular formula is C36H38N2O4. The van der Waals surface area contributed by atoms with E-state index in [9.17, 15) is 14.4 Å². The van der Waals surface area contributed by atoms with E-state index in [1.165, 1.54) is 0 Å². The lowest BCUT2D eigenvalue weighted by molar-refractivity contribution is -0.128. The SMILES string of the molecule is COc1ccc2c(c1)C=C[C@H]1N2[C@H](C(=O)C(C)(C)C)[C@@H](C(=O)c2ccc(CC(C)C)cc2)[C@@]12C(=O)Nc1ccccc12. The number of hydrogen-bond donors (Lipinski definition) is 1. The van der Waals surface area contributed by atoms with Crippen molar-refractivity contribution in [3.63, 3.8) is 0 Å². The summed E-state index contributed by atoms with van der Waals surface area (Å²) in [5, 5.41) is 3.09. The summed E-state index contributed by atoms with van der Waals surface area (Å²) in [5.41, 5.74) is 2.73. The summed E-state index contributed by atoms with van der Waals surface area (Å²) in [4.78, 5) is 45.9. The third kappa shape index (κ3) is 4.11. The van der Waals surface area contributed by atoms with Crippen molar-refractivity contribution < 1.29 is 19.1 Å². The van der Waals surface area contributed by atoms with Crippen LogP contribution in [0.5, 0.6) is 5.75 Å². The minimum Gasteiger partial charge on any atom is -0.497 e. The lowest BCUT2D eigenvalue weighted by Gasteiger charge is -2.38. The number of fused-ring (bicyclic) bond motifs is 6. The molecule has 4 atom stereocenters. The van der Waals surface area contributed by atoms with Crippen molar-refractivity contribution >= 4 is 34.9 Å². The molecule has 6 heteroatoms. The molecule has 3 aliphatic rings. The molecule has 0 saturated carbocycles. The molecule has 0 bridgehead atoms. The predicted octanol–water partition coefficient (Wildman–Crippen LogP) is 6.48. The van der Waals surface area contributed by atoms with Gasteiger partial charge in [0.05, 0.1) is 19.1 Å². The average Bonchev–Trinajstić information content (AvgIpc) is 3.43. The summed E-state index contributed by atoms with van der Waals surface area (Å²) in [6.07, 6.45) is 4.89. The van der Waals surface area contributed by atoms with Crippen LogP contribution in [0.25, 0.3) is 6.08 Å². The second-order valence-corrected chi connectivity index (χ2v) is 13.2. The van der Waals surface area contributed by atoms with Gasteiger partial charge in [-0.05, 0) is 47.7 Å². The van der Waals surface area contributed by atoms with Crippen molar-refractivity contribution in [1.82, 2.24) is 0 Å². The summed E-state index contributed by atoms with van der Waals surface area (Å²) in [6.45, 7) is 9.98. The third-order valence-corrected chi connectivity index (χ3v) is 9.01. The highest BCUT2D eigenvalue weighted by atomic mass is 16.5. The number of ketones is 2. The van der Waals surface area contributed by atoms with E-state index in [1.54, 1.807) is 7.11 Å². The van der Waals surface area contributed by atoms with Crippen molar-refractivity contribution in [3.8, 4) is 5.75 Å². The van der Waals surface area contributed by atoms with Crippen molar-refractivity contribution in [2.45, 2.75) is 58.5 Å². The molecular weight excluding hydrogens is 524 g/mol. The van der Waals surface area contributed by atoms with Gasteiger partial charge in [0.1, 0.15) is 17.2 Å². The van der Waals surface area contributed by atoms with Crippen LogP contribution in [0.4, 0.5) is 11.4 Å². The maximum absolute atomic E-state index is 14.9. The molecule has 3 heterocycles. The van der Waals surface area contributed by atoms with Gasteiger partial charge in [-0.3, -0.25) is 14.4 Å². The fraction of sp³-hybridized carbons (Fsp3) is 0.361. The number of anilines is 2. The molecule has 216 valence electrons. The summed E-state index contributed by atoms with van der Waals surface area (Å²) in [6, 6.07) is 19.6. The number of Topliss-reactive ketones (excluding diaryl/α,β-unsaturated/α-hetero) is 2. The number of methoxy groups -OCH3 is 1. The Hall–Kier alpha value is -4.19. The first-order chi connectivity index (χ1) is 20.0. The highest BCUT2D eigenvalue weighted by molar-refractivity contribution is 6.17. The van der Waals surface area contributed by atoms with Crippen LogP contribution in [0.1, 0.15) is 61.7 Å². The number of nitrogens with one attached hydrogen (secondary N) is 1. The molecule has 1 fully saturated rings. The first kappa shape index (κ1) is 28.0. The van der Waals surface area contributed by atoms with Crippen LogP contribution < -0.4 is 15.0 Å². The standard InChI is InChI=1S/C36H38N2O4/c1-21(2)19-22-11-13-23(14-12-22)32(39)30-31(33(40)35(3,4)5)38-28-17-16-25(42-6)20-24(28)15-18-29(38)36(30)26-9-7-8-10-27(26)37-34(36)41/h7-18,20-21,29-31H,19H2,1-6H3,(H,37,41)/t29-,30+,31+,36+/m1/s1. The summed E-state index contributed by atoms with van der Waals surface area (Å²) in [7, 11) is 1.62. The summed E-state index contributed by atoms with van der Waals surface area (Å²) >= 11 is 0. The molecule has 1 amide bonds. The molecule has 42 heavy (non-hydrogen) atoms. The van der Waals surface area contributed by atoms with Gasteiger partial charge in [0, 0.05) is 27.9 Å². The zero-order valence-electron chi connectivity index (χ0n) is 25.1. The second-order valence-electron chi connectivity index (χ2n) is 13.2. The third-order valence-electron chi connectivity index (χ3n) is 9.01. The van der Waals surface area contributed by atoms with E-state index in [2.05, 4.69) is 19.2 Å². The summed E-state index contributed by atoms with van der Waals surface area (Å²) < 4.78 is 5.49. The van der Waals surface area contributed by atoms with Gasteiger partial charge in [-0.2, -0.15) is 0 Å². The van der Waals surface area contributed by atoms with Gasteiger partial charge in [0.25, 0.3) is 0 Å². The van der Waals surface area contributed by atoms with Crippen LogP contribution in [0, 0.1) is 17.3 Å². The Kier molecular flexibility index (Phi) is 6.64. The number of benzene rings is 3. The maximum atomic E-state index is 14.9. The second kappa shape index (κ2) is 9.97. The van der Waals surface area contributed by atoms with E-state index in [4.69, 9.17) is 4.74 Å². The van der Waals surface area contributed by atoms with Gasteiger partial charge in [-0.25, -0.2) is 0 Å². The van der Waals surface area contributed by atoms with E-state index in [0.717, 1.165) is 28.8 Å². The number of carbonyl (C=O) groups is 3. The molecule has 3 aromatic rings. The predicted molar refractivity (Wildman–Crippen MR) is 166 cm³/mol. The van der Waals surface area contributed by atoms with Gasteiger partial charge < -0.3 is 15.0 Å². The smallest absolute Gasteiger partial charge is 0.238 e. The van der Waals surface area contributed by atoms with E-state index in [-0.39, 0.29) is 17.5 Å². The Morgan fingerprint density at radius 3 is 2.40 bits per heavy atom. The number of rotatable bonds is 6. The first-order valence-corrected chi connectivity index (χ1v) is 14.7. The molecule has 3 aliphatic heterocycles. The van der Waals surface area contributed by atoms with E-state index >= 15 is 0 Å². The minimum absolute atomic E-state index is 0.0756. The molecule has 6 rings (SSSR count). The van der Waals surface area contributed by atoms with Gasteiger partial charge >= 0.3 is 0 Å². The number of ether oxygens (including phenoxy) is 1. The molecule has 3 aromatic carbocycles. The Morgan fingerprint density at radius 1 is 1.02 bits per heavy atom. The molecule has 0 radical (unpaired) electrons. The number of amides is 1. The topological polar surface area (TPSA) is 75.7 Å². The van der Waals surface area contributed by atoms with Gasteiger partial charge in [-0.15, -0.1) is 0 Å². The minimum atomic E-state index is -1.30. The number of hydrogen-bond acceptors (Lipinski definition) is 5. The molecule has 1 N–H and O–H groups in total. The van der Waals surface area contributed by atoms with E-state index < -0.39 is 28.8 Å². The normalized spacial score (nSPS) is 23.9. The quantitative estimate of drug-likeness (QED) is 0.348. The molecule has 0 aromatic heterocycles. The first-order valence-electron chi connectivity index (χ1n) is 14.7. The Morgan fingerprint density at radius 2 is 1.74 bits per heavy atom. The fourth-order valence-electron chi connectivity index (χ4n) is 7.18. The molecule has 6 nitrogen and oxygen atoms in total. The van der Waals surface area contributed by atoms with Gasteiger partial charge in [0.15, 0.2) is 11.6 Å². The largest absolute Gasteiger partial charge is 0.497 e. The lowest BCUT2D eigenvalue weighted by atomic mass is 9.63. The number of para-hydroxylation sites is 1. The monoisotopic (exact) mass is 562 g/mol. The van der Waals surface area contributed by atoms with Crippen LogP contribution in [0.2, 0.25) is 0 Å². The van der Waals surface area contributed by atoms with Crippen molar-refractivity contribution in [1.29, 1.82) is 0 Å². The number of carbonyl (C=O) groups excluding carboxylic acids is 3. The summed E-state index contributed by atoms with van der Waals surface area (Å²) in [5.74, 6) is -0.293. The molecule has 0 unspecified atom stereocenters. The highest BCUT2D eigenvalue weighted by Gasteiger charge is 2.70. The molecule has 1 spiro atoms. The van der Waals surface area contributed by atoms with Gasteiger partial charge in [-0.1, -0.05) is 89.2 Å². The van der Waals surface area contributed by atoms with Crippen molar-refractivity contribution in [2.24, 2.45) is 17.3 Å². The Balaban J connectivity index is 1.61. The van der Waals surface area contributed by atoms with Gasteiger partial charge in [0.2, 0.25) is 5.91 Å². The Bertz CT molecular complexity index is 1610. The highest BCUT2D eigenvalue weighted by Crippen LogP contribution is 2.58. The average molecular weight is 563 g/mol. The molecule has 0 aliphatic carbocycles. The van der Waals surface area contributed by atoms with Crippen LogP contribution in [0.3, 0.4) is 0 Å². The van der Waals surface area contributed by atoms with Crippen LogP contribution in [-0.2, 0) is 21.4 Å². The van der Waals surface area contributed by atoms with E-state index in [0.29, 0.717) is 22.9 Å².